The highest BCUT2D eigenvalue weighted by molar-refractivity contribution is 7.88. The number of hydrogen-bond donors (Lipinski definition) is 2. The summed E-state index contributed by atoms with van der Waals surface area (Å²) in [6, 6.07) is 6.33. The van der Waals surface area contributed by atoms with E-state index in [9.17, 15) is 22.4 Å². The lowest BCUT2D eigenvalue weighted by atomic mass is 10.2. The molecular formula is C20H25FN4O5S. The molecule has 31 heavy (non-hydrogen) atoms. The van der Waals surface area contributed by atoms with Gasteiger partial charge in [-0.25, -0.2) is 22.3 Å². The van der Waals surface area contributed by atoms with Crippen LogP contribution in [0.25, 0.3) is 5.69 Å². The van der Waals surface area contributed by atoms with Crippen LogP contribution >= 0.6 is 0 Å². The SMILES string of the molecule is CC(=O)NCC1CN(c2ccc(-n3ccc(CCCNS(C)(=O)=O)c3)c(F)c2)C(=O)O1. The highest BCUT2D eigenvalue weighted by Gasteiger charge is 2.32. The first-order valence-corrected chi connectivity index (χ1v) is 11.7. The number of hydrogen-bond acceptors (Lipinski definition) is 5. The van der Waals surface area contributed by atoms with Crippen LogP contribution in [-0.2, 0) is 26.0 Å². The van der Waals surface area contributed by atoms with Gasteiger partial charge in [0.2, 0.25) is 15.9 Å². The minimum absolute atomic E-state index is 0.198. The number of rotatable bonds is 9. The quantitative estimate of drug-likeness (QED) is 0.561. The summed E-state index contributed by atoms with van der Waals surface area (Å²) >= 11 is 0. The third kappa shape index (κ3) is 6.28. The van der Waals surface area contributed by atoms with Gasteiger partial charge in [-0.1, -0.05) is 0 Å². The Hall–Kier alpha value is -2.92. The molecule has 1 unspecified atom stereocenters. The lowest BCUT2D eigenvalue weighted by Gasteiger charge is -2.15. The minimum Gasteiger partial charge on any atom is -0.442 e. The first-order chi connectivity index (χ1) is 14.6. The highest BCUT2D eigenvalue weighted by atomic mass is 32.2. The van der Waals surface area contributed by atoms with Gasteiger partial charge >= 0.3 is 6.09 Å². The van der Waals surface area contributed by atoms with Crippen LogP contribution in [-0.4, -0.2) is 57.0 Å². The van der Waals surface area contributed by atoms with Gasteiger partial charge in [-0.15, -0.1) is 0 Å². The fraction of sp³-hybridized carbons (Fsp3) is 0.400. The van der Waals surface area contributed by atoms with Crippen LogP contribution in [0.1, 0.15) is 18.9 Å². The van der Waals surface area contributed by atoms with E-state index in [0.29, 0.717) is 30.8 Å². The van der Waals surface area contributed by atoms with Gasteiger partial charge in [0.15, 0.2) is 0 Å². The van der Waals surface area contributed by atoms with E-state index < -0.39 is 28.0 Å². The van der Waals surface area contributed by atoms with Crippen molar-refractivity contribution in [2.45, 2.75) is 25.9 Å². The molecule has 1 aromatic carbocycles. The summed E-state index contributed by atoms with van der Waals surface area (Å²) in [6.07, 6.45) is 4.80. The molecule has 0 aliphatic carbocycles. The van der Waals surface area contributed by atoms with Crippen LogP contribution in [0.4, 0.5) is 14.9 Å². The first kappa shape index (κ1) is 22.8. The van der Waals surface area contributed by atoms with Crippen molar-refractivity contribution in [3.8, 4) is 5.69 Å². The monoisotopic (exact) mass is 452 g/mol. The Morgan fingerprint density at radius 3 is 2.77 bits per heavy atom. The topological polar surface area (TPSA) is 110 Å². The number of benzene rings is 1. The maximum absolute atomic E-state index is 14.8. The zero-order valence-electron chi connectivity index (χ0n) is 17.3. The summed E-state index contributed by atoms with van der Waals surface area (Å²) < 4.78 is 46.2. The van der Waals surface area contributed by atoms with Crippen molar-refractivity contribution in [2.24, 2.45) is 0 Å². The number of ether oxygens (including phenoxy) is 1. The number of nitrogens with one attached hydrogen (secondary N) is 2. The minimum atomic E-state index is -3.21. The second-order valence-corrected chi connectivity index (χ2v) is 9.22. The largest absolute Gasteiger partial charge is 0.442 e. The van der Waals surface area contributed by atoms with E-state index in [0.717, 1.165) is 11.8 Å². The van der Waals surface area contributed by atoms with Crippen LogP contribution in [0, 0.1) is 5.82 Å². The molecule has 168 valence electrons. The van der Waals surface area contributed by atoms with E-state index in [4.69, 9.17) is 4.74 Å². The number of carbonyl (C=O) groups is 2. The number of cyclic esters (lactones) is 1. The molecule has 2 amide bonds. The van der Waals surface area contributed by atoms with Crippen LogP contribution < -0.4 is 14.9 Å². The Bertz CT molecular complexity index is 1070. The summed E-state index contributed by atoms with van der Waals surface area (Å²) in [6.45, 7) is 2.13. The van der Waals surface area contributed by atoms with Crippen molar-refractivity contribution in [2.75, 3.05) is 30.8 Å². The molecule has 1 aromatic heterocycles. The molecule has 11 heteroatoms. The molecule has 1 fully saturated rings. The summed E-state index contributed by atoms with van der Waals surface area (Å²) in [5.74, 6) is -0.723. The van der Waals surface area contributed by atoms with Gasteiger partial charge in [0.05, 0.1) is 30.7 Å². The number of amides is 2. The molecule has 2 heterocycles. The molecule has 2 N–H and O–H groups in total. The molecular weight excluding hydrogens is 427 g/mol. The van der Waals surface area contributed by atoms with E-state index in [1.54, 1.807) is 29.1 Å². The van der Waals surface area contributed by atoms with Crippen LogP contribution in [0.2, 0.25) is 0 Å². The van der Waals surface area contributed by atoms with Gasteiger partial charge in [-0.2, -0.15) is 0 Å². The molecule has 3 rings (SSSR count). The highest BCUT2D eigenvalue weighted by Crippen LogP contribution is 2.26. The van der Waals surface area contributed by atoms with Gasteiger partial charge < -0.3 is 14.6 Å². The van der Waals surface area contributed by atoms with Gasteiger partial charge in [-0.3, -0.25) is 9.69 Å². The molecule has 0 spiro atoms. The maximum Gasteiger partial charge on any atom is 0.414 e. The molecule has 1 aliphatic heterocycles. The van der Waals surface area contributed by atoms with Gasteiger partial charge in [-0.05, 0) is 42.7 Å². The lowest BCUT2D eigenvalue weighted by molar-refractivity contribution is -0.119. The fourth-order valence-electron chi connectivity index (χ4n) is 3.26. The predicted molar refractivity (Wildman–Crippen MR) is 113 cm³/mol. The Morgan fingerprint density at radius 1 is 1.32 bits per heavy atom. The number of nitrogens with zero attached hydrogens (tertiary/aromatic N) is 2. The molecule has 1 aliphatic rings. The lowest BCUT2D eigenvalue weighted by Crippen LogP contribution is -2.33. The Balaban J connectivity index is 1.63. The van der Waals surface area contributed by atoms with E-state index >= 15 is 0 Å². The van der Waals surface area contributed by atoms with E-state index in [1.807, 2.05) is 6.07 Å². The second-order valence-electron chi connectivity index (χ2n) is 7.39. The number of aromatic nitrogens is 1. The average molecular weight is 453 g/mol. The standard InChI is InChI=1S/C20H25FN4O5S/c1-14(26)22-11-17-13-25(20(27)30-17)16-5-6-19(18(21)10-16)24-9-7-15(12-24)4-3-8-23-31(2,28)29/h5-7,9-10,12,17,23H,3-4,8,11,13H2,1-2H3,(H,22,26). The van der Waals surface area contributed by atoms with E-state index in [1.165, 1.54) is 17.9 Å². The molecule has 0 bridgehead atoms. The van der Waals surface area contributed by atoms with E-state index in [-0.39, 0.29) is 19.0 Å². The molecule has 0 saturated carbocycles. The molecule has 9 nitrogen and oxygen atoms in total. The average Bonchev–Trinajstić information content (AvgIpc) is 3.29. The number of aryl methyl sites for hydroxylation is 1. The zero-order chi connectivity index (χ0) is 22.6. The van der Waals surface area contributed by atoms with Crippen molar-refractivity contribution in [3.63, 3.8) is 0 Å². The van der Waals surface area contributed by atoms with E-state index in [2.05, 4.69) is 10.0 Å². The number of anilines is 1. The third-order valence-electron chi connectivity index (χ3n) is 4.73. The van der Waals surface area contributed by atoms with Gasteiger partial charge in [0.25, 0.3) is 0 Å². The van der Waals surface area contributed by atoms with Gasteiger partial charge in [0, 0.05) is 25.9 Å². The summed E-state index contributed by atoms with van der Waals surface area (Å²) in [7, 11) is -3.21. The molecule has 1 saturated heterocycles. The summed E-state index contributed by atoms with van der Waals surface area (Å²) in [5.41, 5.74) is 1.64. The third-order valence-corrected chi connectivity index (χ3v) is 5.46. The number of sulfonamides is 1. The Kier molecular flexibility index (Phi) is 6.96. The van der Waals surface area contributed by atoms with Crippen molar-refractivity contribution >= 4 is 27.7 Å². The number of carbonyl (C=O) groups excluding carboxylic acids is 2. The summed E-state index contributed by atoms with van der Waals surface area (Å²) in [4.78, 5) is 24.5. The Morgan fingerprint density at radius 2 is 2.10 bits per heavy atom. The normalized spacial score (nSPS) is 16.4. The zero-order valence-corrected chi connectivity index (χ0v) is 18.1. The smallest absolute Gasteiger partial charge is 0.414 e. The first-order valence-electron chi connectivity index (χ1n) is 9.76. The van der Waals surface area contributed by atoms with Crippen molar-refractivity contribution < 1.29 is 27.1 Å². The molecule has 2 aromatic rings. The molecule has 0 radical (unpaired) electrons. The second kappa shape index (κ2) is 9.48. The van der Waals surface area contributed by atoms with Crippen LogP contribution in [0.15, 0.2) is 36.7 Å². The Labute approximate surface area is 180 Å². The van der Waals surface area contributed by atoms with Gasteiger partial charge in [0.1, 0.15) is 11.9 Å². The van der Waals surface area contributed by atoms with Crippen molar-refractivity contribution in [1.29, 1.82) is 0 Å². The molecule has 1 atom stereocenters. The van der Waals surface area contributed by atoms with Crippen molar-refractivity contribution in [1.82, 2.24) is 14.6 Å². The van der Waals surface area contributed by atoms with Crippen molar-refractivity contribution in [3.05, 3.63) is 48.0 Å². The summed E-state index contributed by atoms with van der Waals surface area (Å²) in [5, 5.41) is 2.60. The predicted octanol–water partition coefficient (Wildman–Crippen LogP) is 1.56. The maximum atomic E-state index is 14.8. The van der Waals surface area contributed by atoms with Crippen LogP contribution in [0.5, 0.6) is 0 Å². The number of halogens is 1. The fourth-order valence-corrected chi connectivity index (χ4v) is 3.77. The van der Waals surface area contributed by atoms with Crippen LogP contribution in [0.3, 0.4) is 0 Å².